The molecule has 4 rings (SSSR count). The Morgan fingerprint density at radius 1 is 1.15 bits per heavy atom. The molecular weight excluding hydrogens is 441 g/mol. The predicted molar refractivity (Wildman–Crippen MR) is 124 cm³/mol. The molecule has 0 fully saturated rings. The van der Waals surface area contributed by atoms with Gasteiger partial charge in [0, 0.05) is 33.8 Å². The van der Waals surface area contributed by atoms with Crippen molar-refractivity contribution in [2.45, 2.75) is 25.9 Å². The van der Waals surface area contributed by atoms with Crippen LogP contribution in [0.15, 0.2) is 58.1 Å². The molecule has 2 heterocycles. The molecule has 0 saturated heterocycles. The van der Waals surface area contributed by atoms with Gasteiger partial charge in [0.15, 0.2) is 0 Å². The summed E-state index contributed by atoms with van der Waals surface area (Å²) in [5, 5.41) is 18.4. The van der Waals surface area contributed by atoms with Crippen LogP contribution in [0.4, 0.5) is 15.9 Å². The molecule has 0 amide bonds. The highest BCUT2D eigenvalue weighted by molar-refractivity contribution is 5.73. The van der Waals surface area contributed by atoms with Crippen LogP contribution < -0.4 is 25.8 Å². The topological polar surface area (TPSA) is 104 Å². The Morgan fingerprint density at radius 2 is 1.88 bits per heavy atom. The second kappa shape index (κ2) is 9.41. The average molecular weight is 465 g/mol. The quantitative estimate of drug-likeness (QED) is 0.567. The lowest BCUT2D eigenvalue weighted by Gasteiger charge is -2.30. The summed E-state index contributed by atoms with van der Waals surface area (Å²) in [6.45, 7) is 0.111. The fourth-order valence-corrected chi connectivity index (χ4v) is 4.09. The van der Waals surface area contributed by atoms with Crippen molar-refractivity contribution >= 4 is 11.5 Å². The van der Waals surface area contributed by atoms with Crippen LogP contribution in [0.1, 0.15) is 17.5 Å². The maximum absolute atomic E-state index is 13.5. The Morgan fingerprint density at radius 3 is 2.56 bits per heavy atom. The molecule has 0 bridgehead atoms. The van der Waals surface area contributed by atoms with E-state index < -0.39 is 17.6 Å². The second-order valence-electron chi connectivity index (χ2n) is 8.00. The summed E-state index contributed by atoms with van der Waals surface area (Å²) in [6, 6.07) is 14.6. The van der Waals surface area contributed by atoms with Crippen molar-refractivity contribution in [1.82, 2.24) is 9.13 Å². The predicted octanol–water partition coefficient (Wildman–Crippen LogP) is 1.76. The highest BCUT2D eigenvalue weighted by Crippen LogP contribution is 2.37. The molecule has 0 aliphatic carbocycles. The van der Waals surface area contributed by atoms with Gasteiger partial charge in [0.25, 0.3) is 11.9 Å². The zero-order chi connectivity index (χ0) is 24.4. The summed E-state index contributed by atoms with van der Waals surface area (Å²) < 4.78 is 22.2. The molecule has 34 heavy (non-hydrogen) atoms. The third kappa shape index (κ3) is 4.13. The molecule has 176 valence electrons. The Labute approximate surface area is 195 Å². The van der Waals surface area contributed by atoms with Crippen molar-refractivity contribution in [3.8, 4) is 11.8 Å². The van der Waals surface area contributed by atoms with Crippen LogP contribution in [0.5, 0.6) is 5.75 Å². The van der Waals surface area contributed by atoms with E-state index in [1.54, 1.807) is 60.3 Å². The first-order chi connectivity index (χ1) is 16.3. The summed E-state index contributed by atoms with van der Waals surface area (Å²) in [7, 11) is 3.28. The number of rotatable bonds is 7. The van der Waals surface area contributed by atoms with Gasteiger partial charge >= 0.3 is 5.69 Å². The first-order valence-corrected chi connectivity index (χ1v) is 10.7. The van der Waals surface area contributed by atoms with Crippen molar-refractivity contribution in [3.05, 3.63) is 86.3 Å². The first-order valence-electron chi connectivity index (χ1n) is 10.7. The zero-order valence-corrected chi connectivity index (χ0v) is 18.8. The van der Waals surface area contributed by atoms with E-state index in [-0.39, 0.29) is 37.6 Å². The van der Waals surface area contributed by atoms with Gasteiger partial charge in [0.1, 0.15) is 23.1 Å². The maximum Gasteiger partial charge on any atom is 0.332 e. The van der Waals surface area contributed by atoms with E-state index in [2.05, 4.69) is 6.07 Å². The molecule has 0 saturated carbocycles. The highest BCUT2D eigenvalue weighted by Gasteiger charge is 2.40. The van der Waals surface area contributed by atoms with Gasteiger partial charge in [-0.15, -0.1) is 0 Å². The molecule has 1 aliphatic heterocycles. The number of ether oxygens (including phenoxy) is 1. The minimum atomic E-state index is -0.819. The summed E-state index contributed by atoms with van der Waals surface area (Å²) in [4.78, 5) is 29.8. The van der Waals surface area contributed by atoms with Gasteiger partial charge in [-0.2, -0.15) is 5.26 Å². The molecular formula is C24H24FN5O4. The SMILES string of the molecule is CN1c2c(c(=O)n(CCCO)c(=O)n2C)N(Cc2ccc(F)cc2)C1Oc1cccc(C#N)c1. The van der Waals surface area contributed by atoms with Crippen LogP contribution >= 0.6 is 0 Å². The Kier molecular flexibility index (Phi) is 6.38. The number of anilines is 2. The van der Waals surface area contributed by atoms with E-state index in [0.29, 0.717) is 17.1 Å². The minimum absolute atomic E-state index is 0.0686. The average Bonchev–Trinajstić information content (AvgIpc) is 3.10. The molecule has 1 N–H and O–H groups in total. The van der Waals surface area contributed by atoms with Crippen molar-refractivity contribution in [3.63, 3.8) is 0 Å². The summed E-state index contributed by atoms with van der Waals surface area (Å²) in [5.74, 6) is 0.412. The van der Waals surface area contributed by atoms with E-state index in [1.807, 2.05) is 0 Å². The van der Waals surface area contributed by atoms with Crippen LogP contribution in [-0.4, -0.2) is 34.2 Å². The van der Waals surface area contributed by atoms with Gasteiger partial charge in [0.05, 0.1) is 11.6 Å². The Balaban J connectivity index is 1.84. The number of aliphatic hydroxyl groups is 1. The van der Waals surface area contributed by atoms with E-state index >= 15 is 0 Å². The van der Waals surface area contributed by atoms with Gasteiger partial charge in [0.2, 0.25) is 0 Å². The van der Waals surface area contributed by atoms with Crippen molar-refractivity contribution < 1.29 is 14.2 Å². The minimum Gasteiger partial charge on any atom is -0.452 e. The summed E-state index contributed by atoms with van der Waals surface area (Å²) >= 11 is 0. The molecule has 1 atom stereocenters. The number of nitrogens with zero attached hydrogens (tertiary/aromatic N) is 5. The smallest absolute Gasteiger partial charge is 0.332 e. The lowest BCUT2D eigenvalue weighted by Crippen LogP contribution is -2.46. The molecule has 10 heteroatoms. The normalized spacial score (nSPS) is 14.7. The molecule has 1 aliphatic rings. The van der Waals surface area contributed by atoms with Crippen LogP contribution in [0.2, 0.25) is 0 Å². The number of benzene rings is 2. The second-order valence-corrected chi connectivity index (χ2v) is 8.00. The standard InChI is InChI=1S/C24H24FN5O4/c1-27-21-20(22(32)29(23(27)33)11-4-12-31)30(15-16-7-9-18(25)10-8-16)24(28(21)2)34-19-6-3-5-17(13-19)14-26/h3,5-10,13,24,31H,4,11-12,15H2,1-2H3. The number of hydrogen-bond donors (Lipinski definition) is 1. The lowest BCUT2D eigenvalue weighted by atomic mass is 10.2. The van der Waals surface area contributed by atoms with Crippen LogP contribution in [0.25, 0.3) is 0 Å². The fourth-order valence-electron chi connectivity index (χ4n) is 4.09. The maximum atomic E-state index is 13.5. The number of nitriles is 1. The van der Waals surface area contributed by atoms with E-state index in [9.17, 15) is 24.3 Å². The van der Waals surface area contributed by atoms with E-state index in [0.717, 1.165) is 10.1 Å². The number of aromatic nitrogens is 2. The molecule has 3 aromatic rings. The van der Waals surface area contributed by atoms with Crippen molar-refractivity contribution in [2.24, 2.45) is 7.05 Å². The molecule has 0 spiro atoms. The van der Waals surface area contributed by atoms with Gasteiger partial charge in [-0.25, -0.2) is 9.18 Å². The molecule has 0 radical (unpaired) electrons. The molecule has 1 aromatic heterocycles. The first kappa shape index (κ1) is 23.1. The van der Waals surface area contributed by atoms with Crippen molar-refractivity contribution in [1.29, 1.82) is 5.26 Å². The Hall–Kier alpha value is -4.10. The summed E-state index contributed by atoms with van der Waals surface area (Å²) in [6.07, 6.45) is -0.566. The van der Waals surface area contributed by atoms with E-state index in [4.69, 9.17) is 4.74 Å². The molecule has 9 nitrogen and oxygen atoms in total. The van der Waals surface area contributed by atoms with Crippen LogP contribution in [0, 0.1) is 17.1 Å². The third-order valence-corrected chi connectivity index (χ3v) is 5.72. The highest BCUT2D eigenvalue weighted by atomic mass is 19.1. The number of fused-ring (bicyclic) bond motifs is 1. The lowest BCUT2D eigenvalue weighted by molar-refractivity contribution is 0.201. The van der Waals surface area contributed by atoms with Crippen LogP contribution in [0.3, 0.4) is 0 Å². The fraction of sp³-hybridized carbons (Fsp3) is 0.292. The largest absolute Gasteiger partial charge is 0.452 e. The van der Waals surface area contributed by atoms with Gasteiger partial charge in [-0.05, 0) is 42.3 Å². The van der Waals surface area contributed by atoms with Gasteiger partial charge in [-0.3, -0.25) is 13.9 Å². The number of halogens is 1. The summed E-state index contributed by atoms with van der Waals surface area (Å²) in [5.41, 5.74) is 0.403. The number of aliphatic hydroxyl groups excluding tert-OH is 1. The molecule has 1 unspecified atom stereocenters. The van der Waals surface area contributed by atoms with E-state index in [1.165, 1.54) is 16.7 Å². The number of hydrogen-bond acceptors (Lipinski definition) is 7. The van der Waals surface area contributed by atoms with Crippen molar-refractivity contribution in [2.75, 3.05) is 23.5 Å². The van der Waals surface area contributed by atoms with Crippen LogP contribution in [-0.2, 0) is 20.1 Å². The molecule has 2 aromatic carbocycles. The third-order valence-electron chi connectivity index (χ3n) is 5.72. The Bertz CT molecular complexity index is 1360. The van der Waals surface area contributed by atoms with Gasteiger partial charge in [-0.1, -0.05) is 18.2 Å². The monoisotopic (exact) mass is 465 g/mol. The zero-order valence-electron chi connectivity index (χ0n) is 18.8. The van der Waals surface area contributed by atoms with Gasteiger partial charge < -0.3 is 19.6 Å².